The van der Waals surface area contributed by atoms with Gasteiger partial charge in [0.1, 0.15) is 5.82 Å². The minimum atomic E-state index is -0.269. The number of hydrogen-bond acceptors (Lipinski definition) is 1. The summed E-state index contributed by atoms with van der Waals surface area (Å²) in [6.45, 7) is 0. The number of fused-ring (bicyclic) bond motifs is 1. The van der Waals surface area contributed by atoms with Gasteiger partial charge in [-0.15, -0.1) is 0 Å². The normalized spacial score (nSPS) is 9.79. The molecule has 4 heteroatoms. The molecular formula is C10H6FN3. The lowest BCUT2D eigenvalue weighted by atomic mass is 10.1. The molecule has 0 aromatic heterocycles. The standard InChI is InChI=1S/C10H6FN3/c11-9-3-1-8-6-10(13-14-12)4-2-7(8)5-9/h1-6H. The molecule has 0 atom stereocenters. The van der Waals surface area contributed by atoms with Crippen molar-refractivity contribution >= 4 is 16.5 Å². The van der Waals surface area contributed by atoms with Crippen LogP contribution in [-0.2, 0) is 0 Å². The molecule has 0 saturated heterocycles. The Hall–Kier alpha value is -2.06. The monoisotopic (exact) mass is 187 g/mol. The third kappa shape index (κ3) is 1.51. The second-order valence-corrected chi connectivity index (χ2v) is 2.87. The maximum Gasteiger partial charge on any atom is 0.123 e. The molecule has 14 heavy (non-hydrogen) atoms. The van der Waals surface area contributed by atoms with Crippen molar-refractivity contribution in [3.8, 4) is 0 Å². The molecule has 0 aliphatic rings. The summed E-state index contributed by atoms with van der Waals surface area (Å²) in [5.41, 5.74) is 8.77. The summed E-state index contributed by atoms with van der Waals surface area (Å²) in [7, 11) is 0. The summed E-state index contributed by atoms with van der Waals surface area (Å²) in [5, 5.41) is 5.12. The molecule has 2 aromatic rings. The fourth-order valence-corrected chi connectivity index (χ4v) is 1.32. The van der Waals surface area contributed by atoms with Gasteiger partial charge in [0.15, 0.2) is 0 Å². The number of azide groups is 1. The Bertz CT molecular complexity index is 530. The Morgan fingerprint density at radius 2 is 1.79 bits per heavy atom. The van der Waals surface area contributed by atoms with Gasteiger partial charge < -0.3 is 0 Å². The van der Waals surface area contributed by atoms with E-state index < -0.39 is 0 Å². The summed E-state index contributed by atoms with van der Waals surface area (Å²) < 4.78 is 12.8. The minimum absolute atomic E-state index is 0.269. The van der Waals surface area contributed by atoms with Crippen LogP contribution in [0.4, 0.5) is 10.1 Å². The highest BCUT2D eigenvalue weighted by Crippen LogP contribution is 2.21. The zero-order valence-electron chi connectivity index (χ0n) is 7.18. The summed E-state index contributed by atoms with van der Waals surface area (Å²) >= 11 is 0. The average molecular weight is 187 g/mol. The average Bonchev–Trinajstić information content (AvgIpc) is 2.19. The van der Waals surface area contributed by atoms with Crippen LogP contribution in [0.3, 0.4) is 0 Å². The Morgan fingerprint density at radius 3 is 2.57 bits per heavy atom. The molecule has 0 radical (unpaired) electrons. The van der Waals surface area contributed by atoms with Crippen molar-refractivity contribution in [1.29, 1.82) is 0 Å². The molecule has 3 nitrogen and oxygen atoms in total. The maximum absolute atomic E-state index is 12.8. The van der Waals surface area contributed by atoms with Gasteiger partial charge in [0.25, 0.3) is 0 Å². The van der Waals surface area contributed by atoms with Crippen molar-refractivity contribution in [2.45, 2.75) is 0 Å². The van der Waals surface area contributed by atoms with Gasteiger partial charge in [-0.25, -0.2) is 4.39 Å². The molecule has 2 rings (SSSR count). The Balaban J connectivity index is 2.67. The van der Waals surface area contributed by atoms with Crippen LogP contribution >= 0.6 is 0 Å². The second kappa shape index (κ2) is 3.36. The topological polar surface area (TPSA) is 48.8 Å². The molecule has 0 heterocycles. The Morgan fingerprint density at radius 1 is 1.07 bits per heavy atom. The summed E-state index contributed by atoms with van der Waals surface area (Å²) in [4.78, 5) is 2.68. The van der Waals surface area contributed by atoms with E-state index in [1.807, 2.05) is 0 Å². The highest BCUT2D eigenvalue weighted by atomic mass is 19.1. The van der Waals surface area contributed by atoms with Crippen LogP contribution in [-0.4, -0.2) is 0 Å². The molecule has 0 fully saturated rings. The highest BCUT2D eigenvalue weighted by molar-refractivity contribution is 5.85. The quantitative estimate of drug-likeness (QED) is 0.369. The van der Waals surface area contributed by atoms with Gasteiger partial charge in [0.05, 0.1) is 0 Å². The van der Waals surface area contributed by atoms with Crippen LogP contribution in [0.2, 0.25) is 0 Å². The van der Waals surface area contributed by atoms with E-state index in [-0.39, 0.29) is 5.82 Å². The summed E-state index contributed by atoms with van der Waals surface area (Å²) in [6, 6.07) is 9.57. The number of rotatable bonds is 1. The predicted octanol–water partition coefficient (Wildman–Crippen LogP) is 3.92. The van der Waals surface area contributed by atoms with Crippen LogP contribution in [0.25, 0.3) is 21.2 Å². The lowest BCUT2D eigenvalue weighted by Gasteiger charge is -1.98. The fourth-order valence-electron chi connectivity index (χ4n) is 1.32. The molecule has 0 spiro atoms. The first-order valence-electron chi connectivity index (χ1n) is 4.04. The van der Waals surface area contributed by atoms with Gasteiger partial charge in [-0.3, -0.25) is 0 Å². The van der Waals surface area contributed by atoms with E-state index in [4.69, 9.17) is 5.53 Å². The van der Waals surface area contributed by atoms with E-state index in [1.165, 1.54) is 12.1 Å². The lowest BCUT2D eigenvalue weighted by Crippen LogP contribution is -1.75. The van der Waals surface area contributed by atoms with Gasteiger partial charge in [-0.2, -0.15) is 0 Å². The minimum Gasteiger partial charge on any atom is -0.207 e. The molecule has 0 aliphatic carbocycles. The van der Waals surface area contributed by atoms with Crippen LogP contribution in [0.15, 0.2) is 41.5 Å². The van der Waals surface area contributed by atoms with Crippen molar-refractivity contribution in [1.82, 2.24) is 0 Å². The van der Waals surface area contributed by atoms with Gasteiger partial charge in [-0.1, -0.05) is 23.3 Å². The van der Waals surface area contributed by atoms with Crippen molar-refractivity contribution < 1.29 is 4.39 Å². The van der Waals surface area contributed by atoms with E-state index in [9.17, 15) is 4.39 Å². The van der Waals surface area contributed by atoms with Crippen molar-refractivity contribution in [2.24, 2.45) is 5.11 Å². The maximum atomic E-state index is 12.8. The number of hydrogen-bond donors (Lipinski definition) is 0. The lowest BCUT2D eigenvalue weighted by molar-refractivity contribution is 0.630. The second-order valence-electron chi connectivity index (χ2n) is 2.87. The highest BCUT2D eigenvalue weighted by Gasteiger charge is 1.96. The third-order valence-corrected chi connectivity index (χ3v) is 1.95. The van der Waals surface area contributed by atoms with Gasteiger partial charge in [-0.05, 0) is 34.5 Å². The summed E-state index contributed by atoms with van der Waals surface area (Å²) in [6.07, 6.45) is 0. The van der Waals surface area contributed by atoms with E-state index in [2.05, 4.69) is 10.0 Å². The first-order chi connectivity index (χ1) is 6.79. The van der Waals surface area contributed by atoms with Crippen molar-refractivity contribution in [3.63, 3.8) is 0 Å². The smallest absolute Gasteiger partial charge is 0.123 e. The molecule has 0 unspecified atom stereocenters. The molecular weight excluding hydrogens is 181 g/mol. The number of nitrogens with zero attached hydrogens (tertiary/aromatic N) is 3. The van der Waals surface area contributed by atoms with Crippen molar-refractivity contribution in [3.05, 3.63) is 52.7 Å². The molecule has 0 bridgehead atoms. The van der Waals surface area contributed by atoms with E-state index in [1.54, 1.807) is 24.3 Å². The van der Waals surface area contributed by atoms with Gasteiger partial charge in [0.2, 0.25) is 0 Å². The van der Waals surface area contributed by atoms with E-state index in [0.29, 0.717) is 5.69 Å². The van der Waals surface area contributed by atoms with Crippen LogP contribution in [0, 0.1) is 5.82 Å². The van der Waals surface area contributed by atoms with Gasteiger partial charge in [0, 0.05) is 10.6 Å². The predicted molar refractivity (Wildman–Crippen MR) is 52.7 cm³/mol. The Labute approximate surface area is 79.4 Å². The zero-order valence-corrected chi connectivity index (χ0v) is 7.18. The van der Waals surface area contributed by atoms with Gasteiger partial charge >= 0.3 is 0 Å². The molecule has 0 N–H and O–H groups in total. The van der Waals surface area contributed by atoms with Crippen LogP contribution < -0.4 is 0 Å². The Kier molecular flexibility index (Phi) is 2.05. The first-order valence-corrected chi connectivity index (χ1v) is 4.04. The molecule has 2 aromatic carbocycles. The SMILES string of the molecule is [N-]=[N+]=Nc1ccc2cc(F)ccc2c1. The van der Waals surface area contributed by atoms with Crippen molar-refractivity contribution in [2.75, 3.05) is 0 Å². The molecule has 0 aliphatic heterocycles. The van der Waals surface area contributed by atoms with E-state index in [0.717, 1.165) is 10.8 Å². The zero-order chi connectivity index (χ0) is 9.97. The molecule has 0 saturated carbocycles. The van der Waals surface area contributed by atoms with Crippen LogP contribution in [0.1, 0.15) is 0 Å². The third-order valence-electron chi connectivity index (χ3n) is 1.95. The molecule has 68 valence electrons. The van der Waals surface area contributed by atoms with Crippen LogP contribution in [0.5, 0.6) is 0 Å². The van der Waals surface area contributed by atoms with E-state index >= 15 is 0 Å². The summed E-state index contributed by atoms with van der Waals surface area (Å²) in [5.74, 6) is -0.269. The molecule has 0 amide bonds. The number of halogens is 1. The fraction of sp³-hybridized carbons (Fsp3) is 0. The first kappa shape index (κ1) is 8.53. The number of benzene rings is 2. The largest absolute Gasteiger partial charge is 0.207 e.